The molecule has 2 aromatic carbocycles. The number of rotatable bonds is 4. The Hall–Kier alpha value is -1.86. The molecule has 2 aromatic rings. The lowest BCUT2D eigenvalue weighted by molar-refractivity contribution is -0.126. The van der Waals surface area contributed by atoms with Gasteiger partial charge in [-0.05, 0) is 54.8 Å². The van der Waals surface area contributed by atoms with E-state index in [-0.39, 0.29) is 22.9 Å². The number of hydrogen-bond donors (Lipinski definition) is 2. The molecule has 2 amide bonds. The van der Waals surface area contributed by atoms with Crippen molar-refractivity contribution in [3.63, 3.8) is 0 Å². The minimum Gasteiger partial charge on any atom is -0.343 e. The van der Waals surface area contributed by atoms with Gasteiger partial charge in [0.05, 0.1) is 5.25 Å². The molecule has 1 aliphatic heterocycles. The standard InChI is InChI=1S/C19H18BrFN2O2S/c1-11-8-14(6-7-15(11)20)22-18(24)16-10-26-17(19(25)23-16)9-12-2-4-13(21)5-3-12/h2-8,16-17H,9-10H2,1H3,(H,22,24)(H,23,25)/t16-,17+/m0/s1. The molecule has 4 nitrogen and oxygen atoms in total. The van der Waals surface area contributed by atoms with E-state index in [4.69, 9.17) is 0 Å². The second-order valence-corrected chi connectivity index (χ2v) is 8.26. The van der Waals surface area contributed by atoms with Crippen LogP contribution < -0.4 is 10.6 Å². The highest BCUT2D eigenvalue weighted by Crippen LogP contribution is 2.24. The lowest BCUT2D eigenvalue weighted by Gasteiger charge is -2.28. The number of thioether (sulfide) groups is 1. The van der Waals surface area contributed by atoms with E-state index >= 15 is 0 Å². The normalized spacial score (nSPS) is 19.7. The molecular weight excluding hydrogens is 419 g/mol. The highest BCUT2D eigenvalue weighted by Gasteiger charge is 2.32. The zero-order chi connectivity index (χ0) is 18.7. The van der Waals surface area contributed by atoms with Crippen LogP contribution in [0.15, 0.2) is 46.9 Å². The zero-order valence-electron chi connectivity index (χ0n) is 14.1. The molecule has 0 unspecified atom stereocenters. The Kier molecular flexibility index (Phi) is 5.98. The van der Waals surface area contributed by atoms with E-state index in [1.54, 1.807) is 12.1 Å². The fourth-order valence-electron chi connectivity index (χ4n) is 2.67. The molecule has 1 heterocycles. The fourth-order valence-corrected chi connectivity index (χ4v) is 4.11. The van der Waals surface area contributed by atoms with Crippen LogP contribution in [0.5, 0.6) is 0 Å². The van der Waals surface area contributed by atoms with Crippen molar-refractivity contribution in [3.8, 4) is 0 Å². The average molecular weight is 437 g/mol. The molecule has 0 spiro atoms. The summed E-state index contributed by atoms with van der Waals surface area (Å²) < 4.78 is 13.9. The van der Waals surface area contributed by atoms with E-state index < -0.39 is 6.04 Å². The molecule has 0 saturated carbocycles. The summed E-state index contributed by atoms with van der Waals surface area (Å²) in [6.45, 7) is 1.94. The topological polar surface area (TPSA) is 58.2 Å². The molecule has 3 rings (SSSR count). The number of hydrogen-bond acceptors (Lipinski definition) is 3. The van der Waals surface area contributed by atoms with Gasteiger partial charge < -0.3 is 10.6 Å². The number of aryl methyl sites for hydroxylation is 1. The molecule has 0 radical (unpaired) electrons. The average Bonchev–Trinajstić information content (AvgIpc) is 2.61. The highest BCUT2D eigenvalue weighted by molar-refractivity contribution is 9.10. The summed E-state index contributed by atoms with van der Waals surface area (Å²) in [6.07, 6.45) is 0.511. The molecule has 2 atom stereocenters. The van der Waals surface area contributed by atoms with Gasteiger partial charge in [-0.2, -0.15) is 0 Å². The summed E-state index contributed by atoms with van der Waals surface area (Å²) in [4.78, 5) is 24.8. The third-order valence-electron chi connectivity index (χ3n) is 4.15. The highest BCUT2D eigenvalue weighted by atomic mass is 79.9. The van der Waals surface area contributed by atoms with Gasteiger partial charge >= 0.3 is 0 Å². The lowest BCUT2D eigenvalue weighted by Crippen LogP contribution is -2.52. The molecule has 1 fully saturated rings. The van der Waals surface area contributed by atoms with Gasteiger partial charge in [-0.25, -0.2) is 4.39 Å². The van der Waals surface area contributed by atoms with Crippen LogP contribution in [0.4, 0.5) is 10.1 Å². The van der Waals surface area contributed by atoms with Crippen molar-refractivity contribution >= 4 is 45.2 Å². The van der Waals surface area contributed by atoms with Gasteiger partial charge in [-0.1, -0.05) is 28.1 Å². The Morgan fingerprint density at radius 1 is 1.31 bits per heavy atom. The summed E-state index contributed by atoms with van der Waals surface area (Å²) in [5, 5.41) is 5.35. The molecule has 7 heteroatoms. The molecule has 2 N–H and O–H groups in total. The van der Waals surface area contributed by atoms with Crippen LogP contribution in [-0.4, -0.2) is 28.9 Å². The van der Waals surface area contributed by atoms with Crippen LogP contribution in [0.1, 0.15) is 11.1 Å². The van der Waals surface area contributed by atoms with Crippen LogP contribution in [0, 0.1) is 12.7 Å². The SMILES string of the molecule is Cc1cc(NC(=O)[C@@H]2CS[C@H](Cc3ccc(F)cc3)C(=O)N2)ccc1Br. The quantitative estimate of drug-likeness (QED) is 0.768. The Morgan fingerprint density at radius 2 is 2.04 bits per heavy atom. The first-order chi connectivity index (χ1) is 12.4. The number of carbonyl (C=O) groups excluding carboxylic acids is 2. The summed E-state index contributed by atoms with van der Waals surface area (Å²) in [6, 6.07) is 11.1. The van der Waals surface area contributed by atoms with Crippen molar-refractivity contribution in [2.45, 2.75) is 24.6 Å². The van der Waals surface area contributed by atoms with Gasteiger partial charge in [0.25, 0.3) is 0 Å². The molecule has 0 aliphatic carbocycles. The van der Waals surface area contributed by atoms with E-state index in [1.807, 2.05) is 25.1 Å². The van der Waals surface area contributed by atoms with Crippen LogP contribution in [0.2, 0.25) is 0 Å². The fraction of sp³-hybridized carbons (Fsp3) is 0.263. The van der Waals surface area contributed by atoms with Crippen molar-refractivity contribution < 1.29 is 14.0 Å². The smallest absolute Gasteiger partial charge is 0.247 e. The van der Waals surface area contributed by atoms with Crippen LogP contribution in [-0.2, 0) is 16.0 Å². The Morgan fingerprint density at radius 3 is 2.69 bits per heavy atom. The first-order valence-corrected chi connectivity index (χ1v) is 10.00. The maximum atomic E-state index is 13.0. The molecular formula is C19H18BrFN2O2S. The summed E-state index contributed by atoms with van der Waals surface area (Å²) >= 11 is 4.87. The third-order valence-corrected chi connectivity index (χ3v) is 6.35. The first-order valence-electron chi connectivity index (χ1n) is 8.16. The van der Waals surface area contributed by atoms with Crippen molar-refractivity contribution in [1.29, 1.82) is 0 Å². The predicted molar refractivity (Wildman–Crippen MR) is 106 cm³/mol. The lowest BCUT2D eigenvalue weighted by atomic mass is 10.1. The van der Waals surface area contributed by atoms with E-state index in [2.05, 4.69) is 26.6 Å². The third kappa shape index (κ3) is 4.65. The van der Waals surface area contributed by atoms with Gasteiger partial charge in [0.1, 0.15) is 11.9 Å². The summed E-state index contributed by atoms with van der Waals surface area (Å²) in [7, 11) is 0. The van der Waals surface area contributed by atoms with Gasteiger partial charge in [0, 0.05) is 15.9 Å². The Bertz CT molecular complexity index is 829. The minimum atomic E-state index is -0.569. The van der Waals surface area contributed by atoms with Crippen molar-refractivity contribution in [2.75, 3.05) is 11.1 Å². The molecule has 0 bridgehead atoms. The summed E-state index contributed by atoms with van der Waals surface area (Å²) in [5.41, 5.74) is 2.61. The van der Waals surface area contributed by atoms with Crippen LogP contribution >= 0.6 is 27.7 Å². The molecule has 0 aromatic heterocycles. The van der Waals surface area contributed by atoms with Crippen LogP contribution in [0.3, 0.4) is 0 Å². The predicted octanol–water partition coefficient (Wildman–Crippen LogP) is 3.68. The maximum Gasteiger partial charge on any atom is 0.247 e. The Labute approximate surface area is 164 Å². The minimum absolute atomic E-state index is 0.169. The van der Waals surface area contributed by atoms with Gasteiger partial charge in [0.2, 0.25) is 11.8 Å². The van der Waals surface area contributed by atoms with Crippen molar-refractivity contribution in [3.05, 3.63) is 63.9 Å². The molecule has 136 valence electrons. The second-order valence-electron chi connectivity index (χ2n) is 6.17. The van der Waals surface area contributed by atoms with Gasteiger partial charge in [-0.15, -0.1) is 11.8 Å². The number of nitrogens with one attached hydrogen (secondary N) is 2. The van der Waals surface area contributed by atoms with E-state index in [0.29, 0.717) is 17.9 Å². The largest absolute Gasteiger partial charge is 0.343 e. The van der Waals surface area contributed by atoms with Gasteiger partial charge in [-0.3, -0.25) is 9.59 Å². The van der Waals surface area contributed by atoms with E-state index in [0.717, 1.165) is 15.6 Å². The number of anilines is 1. The summed E-state index contributed by atoms with van der Waals surface area (Å²) in [5.74, 6) is -0.196. The number of halogens is 2. The monoisotopic (exact) mass is 436 g/mol. The van der Waals surface area contributed by atoms with Crippen molar-refractivity contribution in [2.24, 2.45) is 0 Å². The van der Waals surface area contributed by atoms with Crippen LogP contribution in [0.25, 0.3) is 0 Å². The maximum absolute atomic E-state index is 13.0. The first kappa shape index (κ1) is 18.9. The molecule has 1 aliphatic rings. The number of amides is 2. The number of carbonyl (C=O) groups is 2. The molecule has 26 heavy (non-hydrogen) atoms. The van der Waals surface area contributed by atoms with E-state index in [9.17, 15) is 14.0 Å². The Balaban J connectivity index is 1.57. The van der Waals surface area contributed by atoms with E-state index in [1.165, 1.54) is 23.9 Å². The number of benzene rings is 2. The molecule has 1 saturated heterocycles. The van der Waals surface area contributed by atoms with Gasteiger partial charge in [0.15, 0.2) is 0 Å². The second kappa shape index (κ2) is 8.22. The zero-order valence-corrected chi connectivity index (χ0v) is 16.5. The van der Waals surface area contributed by atoms with Crippen molar-refractivity contribution in [1.82, 2.24) is 5.32 Å².